The highest BCUT2D eigenvalue weighted by Crippen LogP contribution is 2.34. The van der Waals surface area contributed by atoms with Crippen molar-refractivity contribution >= 4 is 12.0 Å². The Morgan fingerprint density at radius 1 is 1.33 bits per heavy atom. The number of carbonyl (C=O) groups is 1. The van der Waals surface area contributed by atoms with Crippen molar-refractivity contribution in [1.82, 2.24) is 4.98 Å². The molecule has 4 nitrogen and oxygen atoms in total. The summed E-state index contributed by atoms with van der Waals surface area (Å²) >= 11 is 0. The number of fused-ring (bicyclic) bond motifs is 1. The standard InChI is InChI=1S/C17H15NO3/c1-10-3-2-4-11(7-10)16(19)12-8-14-13(17(20)21)5-6-18-15(14)9-12/h2-7,9,16,19H,8H2,1H3,(H,20,21). The normalized spacial score (nSPS) is 14.5. The average molecular weight is 281 g/mol. The monoisotopic (exact) mass is 281 g/mol. The van der Waals surface area contributed by atoms with Crippen LogP contribution in [0.1, 0.15) is 38.8 Å². The molecule has 106 valence electrons. The molecule has 0 bridgehead atoms. The van der Waals surface area contributed by atoms with E-state index in [2.05, 4.69) is 4.98 Å². The van der Waals surface area contributed by atoms with Gasteiger partial charge < -0.3 is 10.2 Å². The molecular formula is C17H15NO3. The molecule has 1 aromatic carbocycles. The van der Waals surface area contributed by atoms with Crippen LogP contribution in [0, 0.1) is 6.92 Å². The number of carboxylic acid groups (broad SMARTS) is 1. The molecule has 0 fully saturated rings. The van der Waals surface area contributed by atoms with Crippen LogP contribution in [-0.2, 0) is 6.42 Å². The van der Waals surface area contributed by atoms with Crippen LogP contribution in [-0.4, -0.2) is 21.2 Å². The first-order chi connectivity index (χ1) is 10.1. The van der Waals surface area contributed by atoms with Gasteiger partial charge in [0.05, 0.1) is 11.3 Å². The maximum atomic E-state index is 11.2. The fourth-order valence-electron chi connectivity index (χ4n) is 2.68. The zero-order chi connectivity index (χ0) is 15.0. The molecule has 0 radical (unpaired) electrons. The third-order valence-corrected chi connectivity index (χ3v) is 3.73. The van der Waals surface area contributed by atoms with Gasteiger partial charge in [-0.2, -0.15) is 0 Å². The largest absolute Gasteiger partial charge is 0.478 e. The molecule has 1 aliphatic carbocycles. The van der Waals surface area contributed by atoms with Crippen LogP contribution in [0.15, 0.2) is 42.1 Å². The van der Waals surface area contributed by atoms with Gasteiger partial charge in [0.2, 0.25) is 0 Å². The van der Waals surface area contributed by atoms with Crippen molar-refractivity contribution in [3.63, 3.8) is 0 Å². The highest BCUT2D eigenvalue weighted by molar-refractivity contribution is 5.91. The molecule has 2 aromatic rings. The lowest BCUT2D eigenvalue weighted by molar-refractivity contribution is 0.0695. The number of carboxylic acids is 1. The maximum Gasteiger partial charge on any atom is 0.336 e. The minimum absolute atomic E-state index is 0.252. The summed E-state index contributed by atoms with van der Waals surface area (Å²) in [6.45, 7) is 1.97. The van der Waals surface area contributed by atoms with Gasteiger partial charge >= 0.3 is 5.97 Å². The highest BCUT2D eigenvalue weighted by Gasteiger charge is 2.25. The summed E-state index contributed by atoms with van der Waals surface area (Å²) in [6.07, 6.45) is 2.95. The molecule has 0 aliphatic heterocycles. The number of aliphatic hydroxyl groups excluding tert-OH is 1. The van der Waals surface area contributed by atoms with Crippen molar-refractivity contribution in [2.24, 2.45) is 0 Å². The molecule has 0 saturated heterocycles. The Morgan fingerprint density at radius 3 is 2.86 bits per heavy atom. The first kappa shape index (κ1) is 13.5. The van der Waals surface area contributed by atoms with Gasteiger partial charge in [0.25, 0.3) is 0 Å². The highest BCUT2D eigenvalue weighted by atomic mass is 16.4. The first-order valence-electron chi connectivity index (χ1n) is 6.72. The third kappa shape index (κ3) is 2.45. The zero-order valence-corrected chi connectivity index (χ0v) is 11.6. The van der Waals surface area contributed by atoms with E-state index in [0.29, 0.717) is 17.7 Å². The lowest BCUT2D eigenvalue weighted by Crippen LogP contribution is -2.06. The number of benzene rings is 1. The molecule has 0 spiro atoms. The van der Waals surface area contributed by atoms with Crippen molar-refractivity contribution in [2.75, 3.05) is 0 Å². The van der Waals surface area contributed by atoms with Gasteiger partial charge in [-0.15, -0.1) is 0 Å². The van der Waals surface area contributed by atoms with Gasteiger partial charge in [0, 0.05) is 6.20 Å². The molecule has 1 atom stereocenters. The Balaban J connectivity index is 1.94. The fourth-order valence-corrected chi connectivity index (χ4v) is 2.68. The average Bonchev–Trinajstić information content (AvgIpc) is 2.89. The van der Waals surface area contributed by atoms with Crippen LogP contribution in [0.5, 0.6) is 0 Å². The van der Waals surface area contributed by atoms with Gasteiger partial charge in [-0.05, 0) is 42.2 Å². The van der Waals surface area contributed by atoms with E-state index in [1.165, 1.54) is 12.3 Å². The van der Waals surface area contributed by atoms with E-state index in [-0.39, 0.29) is 5.56 Å². The third-order valence-electron chi connectivity index (χ3n) is 3.73. The van der Waals surface area contributed by atoms with Crippen LogP contribution in [0.3, 0.4) is 0 Å². The summed E-state index contributed by atoms with van der Waals surface area (Å²) in [5.41, 5.74) is 4.22. The predicted molar refractivity (Wildman–Crippen MR) is 79.0 cm³/mol. The SMILES string of the molecule is Cc1cccc(C(O)C2=Cc3nccc(C(=O)O)c3C2)c1. The zero-order valence-electron chi connectivity index (χ0n) is 11.6. The summed E-state index contributed by atoms with van der Waals surface area (Å²) in [5, 5.41) is 19.7. The molecule has 1 aliphatic rings. The van der Waals surface area contributed by atoms with E-state index in [1.54, 1.807) is 6.08 Å². The Labute approximate surface area is 122 Å². The topological polar surface area (TPSA) is 70.4 Å². The van der Waals surface area contributed by atoms with E-state index in [9.17, 15) is 15.0 Å². The molecule has 3 rings (SSSR count). The molecular weight excluding hydrogens is 266 g/mol. The van der Waals surface area contributed by atoms with E-state index < -0.39 is 12.1 Å². The van der Waals surface area contributed by atoms with Crippen LogP contribution in [0.25, 0.3) is 6.08 Å². The van der Waals surface area contributed by atoms with Crippen LogP contribution in [0.4, 0.5) is 0 Å². The van der Waals surface area contributed by atoms with E-state index in [1.807, 2.05) is 31.2 Å². The molecule has 2 N–H and O–H groups in total. The number of aromatic nitrogens is 1. The van der Waals surface area contributed by atoms with Gasteiger partial charge in [0.1, 0.15) is 6.10 Å². The van der Waals surface area contributed by atoms with Gasteiger partial charge in [-0.1, -0.05) is 29.8 Å². The second-order valence-corrected chi connectivity index (χ2v) is 5.24. The van der Waals surface area contributed by atoms with Gasteiger partial charge in [0.15, 0.2) is 0 Å². The van der Waals surface area contributed by atoms with Crippen LogP contribution < -0.4 is 0 Å². The Morgan fingerprint density at radius 2 is 2.14 bits per heavy atom. The van der Waals surface area contributed by atoms with Gasteiger partial charge in [-0.3, -0.25) is 4.98 Å². The number of nitrogens with zero attached hydrogens (tertiary/aromatic N) is 1. The number of aryl methyl sites for hydroxylation is 1. The van der Waals surface area contributed by atoms with E-state index >= 15 is 0 Å². The molecule has 0 saturated carbocycles. The summed E-state index contributed by atoms with van der Waals surface area (Å²) in [4.78, 5) is 15.4. The van der Waals surface area contributed by atoms with Crippen LogP contribution >= 0.6 is 0 Å². The smallest absolute Gasteiger partial charge is 0.336 e. The lowest BCUT2D eigenvalue weighted by atomic mass is 9.97. The number of aromatic carboxylic acids is 1. The van der Waals surface area contributed by atoms with Crippen molar-refractivity contribution in [1.29, 1.82) is 0 Å². The Kier molecular flexibility index (Phi) is 3.31. The van der Waals surface area contributed by atoms with E-state index in [0.717, 1.165) is 16.7 Å². The number of hydrogen-bond donors (Lipinski definition) is 2. The molecule has 4 heteroatoms. The first-order valence-corrected chi connectivity index (χ1v) is 6.72. The molecule has 21 heavy (non-hydrogen) atoms. The second kappa shape index (κ2) is 5.14. The number of aliphatic hydroxyl groups is 1. The maximum absolute atomic E-state index is 11.2. The minimum Gasteiger partial charge on any atom is -0.478 e. The fraction of sp³-hybridized carbons (Fsp3) is 0.176. The van der Waals surface area contributed by atoms with Crippen molar-refractivity contribution < 1.29 is 15.0 Å². The summed E-state index contributed by atoms with van der Waals surface area (Å²) in [7, 11) is 0. The van der Waals surface area contributed by atoms with Crippen molar-refractivity contribution in [3.8, 4) is 0 Å². The predicted octanol–water partition coefficient (Wildman–Crippen LogP) is 2.76. The molecule has 1 aromatic heterocycles. The lowest BCUT2D eigenvalue weighted by Gasteiger charge is -2.13. The van der Waals surface area contributed by atoms with Crippen molar-refractivity contribution in [3.05, 3.63) is 70.0 Å². The second-order valence-electron chi connectivity index (χ2n) is 5.24. The number of hydrogen-bond acceptors (Lipinski definition) is 3. The van der Waals surface area contributed by atoms with Gasteiger partial charge in [-0.25, -0.2) is 4.79 Å². The minimum atomic E-state index is -0.964. The quantitative estimate of drug-likeness (QED) is 0.907. The summed E-state index contributed by atoms with van der Waals surface area (Å²) in [5.74, 6) is -0.964. The molecule has 0 amide bonds. The number of pyridine rings is 1. The number of rotatable bonds is 3. The van der Waals surface area contributed by atoms with Crippen molar-refractivity contribution in [2.45, 2.75) is 19.4 Å². The molecule has 1 heterocycles. The van der Waals surface area contributed by atoms with Crippen LogP contribution in [0.2, 0.25) is 0 Å². The Bertz CT molecular complexity index is 749. The van der Waals surface area contributed by atoms with E-state index in [4.69, 9.17) is 0 Å². The molecule has 1 unspecified atom stereocenters. The summed E-state index contributed by atoms with van der Waals surface area (Å²) in [6, 6.07) is 9.17. The summed E-state index contributed by atoms with van der Waals surface area (Å²) < 4.78 is 0. The Hall–Kier alpha value is -2.46.